The molecule has 37 heavy (non-hydrogen) atoms. The zero-order valence-corrected chi connectivity index (χ0v) is 21.0. The van der Waals surface area contributed by atoms with Crippen LogP contribution in [0, 0.1) is 29.1 Å². The summed E-state index contributed by atoms with van der Waals surface area (Å²) in [7, 11) is 1.47. The van der Waals surface area contributed by atoms with E-state index in [1.54, 1.807) is 18.2 Å². The fourth-order valence-corrected chi connectivity index (χ4v) is 5.55. The molecule has 1 saturated heterocycles. The number of Topliss-reactive ketones (excluding diaryl/α,β-unsaturated/α-hetero) is 1. The van der Waals surface area contributed by atoms with Crippen molar-refractivity contribution >= 4 is 40.1 Å². The number of methoxy groups -OCH3 is 1. The van der Waals surface area contributed by atoms with Crippen LogP contribution in [0.25, 0.3) is 10.9 Å². The Bertz CT molecular complexity index is 1320. The number of hydrogen-bond donors (Lipinski definition) is 3. The predicted octanol–water partition coefficient (Wildman–Crippen LogP) is 4.13. The van der Waals surface area contributed by atoms with Crippen LogP contribution in [0.3, 0.4) is 0 Å². The third-order valence-electron chi connectivity index (χ3n) is 7.75. The van der Waals surface area contributed by atoms with Crippen molar-refractivity contribution in [2.24, 2.45) is 17.8 Å². The number of carbonyl (C=O) groups excluding carboxylic acids is 3. The zero-order chi connectivity index (χ0) is 26.5. The van der Waals surface area contributed by atoms with Crippen LogP contribution in [0.1, 0.15) is 55.4 Å². The molecule has 1 spiro atoms. The van der Waals surface area contributed by atoms with E-state index in [1.807, 2.05) is 6.07 Å². The first kappa shape index (κ1) is 25.5. The van der Waals surface area contributed by atoms with Crippen LogP contribution >= 0.6 is 11.6 Å². The molecule has 1 aliphatic heterocycles. The van der Waals surface area contributed by atoms with Crippen molar-refractivity contribution in [3.8, 4) is 11.8 Å². The van der Waals surface area contributed by atoms with E-state index in [0.29, 0.717) is 28.1 Å². The standard InChI is InChI=1S/C26H27ClF2N4O4/c1-37-22-8-16(27)7-19-18(22)9-20(32-19)21(34)6-13(4-15-11-26(15,28)29)23(35)31-17(12-30)5-14-10-25(2-3-25)33-24(14)36/h7-9,13-15,17,32H,2-6,10-11H2,1H3,(H,31,35)(H,33,36)/t13-,14-,15?,17+/m1/s1. The minimum absolute atomic E-state index is 0.134. The van der Waals surface area contributed by atoms with Crippen molar-refractivity contribution in [1.82, 2.24) is 15.6 Å². The molecule has 3 N–H and O–H groups in total. The number of H-pyrrole nitrogens is 1. The highest BCUT2D eigenvalue weighted by molar-refractivity contribution is 6.31. The number of rotatable bonds is 10. The zero-order valence-electron chi connectivity index (χ0n) is 20.2. The number of aromatic nitrogens is 1. The molecule has 5 rings (SSSR count). The van der Waals surface area contributed by atoms with Gasteiger partial charge in [0.25, 0.3) is 5.92 Å². The van der Waals surface area contributed by atoms with Gasteiger partial charge in [-0.05, 0) is 50.3 Å². The first-order valence-corrected chi connectivity index (χ1v) is 12.7. The highest BCUT2D eigenvalue weighted by atomic mass is 35.5. The van der Waals surface area contributed by atoms with Crippen LogP contribution < -0.4 is 15.4 Å². The van der Waals surface area contributed by atoms with Gasteiger partial charge < -0.3 is 20.4 Å². The number of carbonyl (C=O) groups is 3. The molecule has 3 fully saturated rings. The number of nitriles is 1. The number of amides is 2. The second-order valence-electron chi connectivity index (χ2n) is 10.6. The number of aromatic amines is 1. The van der Waals surface area contributed by atoms with Crippen molar-refractivity contribution in [2.45, 2.75) is 62.4 Å². The molecule has 4 atom stereocenters. The molecular formula is C26H27ClF2N4O4. The van der Waals surface area contributed by atoms with Crippen LogP contribution in [-0.2, 0) is 9.59 Å². The maximum Gasteiger partial charge on any atom is 0.251 e. The number of hydrogen-bond acceptors (Lipinski definition) is 5. The average molecular weight is 533 g/mol. The molecule has 196 valence electrons. The Labute approximate surface area is 217 Å². The SMILES string of the molecule is COc1cc(Cl)cc2[nH]c(C(=O)C[C@@H](CC3CC3(F)F)C(=O)N[C@H](C#N)C[C@@H]3CC4(CC4)NC3=O)cc12. The van der Waals surface area contributed by atoms with Gasteiger partial charge in [0.05, 0.1) is 24.4 Å². The van der Waals surface area contributed by atoms with Crippen molar-refractivity contribution in [1.29, 1.82) is 5.26 Å². The average Bonchev–Trinajstić information content (AvgIpc) is 3.61. The third-order valence-corrected chi connectivity index (χ3v) is 7.97. The van der Waals surface area contributed by atoms with Gasteiger partial charge in [-0.15, -0.1) is 0 Å². The summed E-state index contributed by atoms with van der Waals surface area (Å²) in [5.74, 6) is -6.04. The summed E-state index contributed by atoms with van der Waals surface area (Å²) in [5, 5.41) is 16.2. The molecule has 1 unspecified atom stereocenters. The molecule has 2 heterocycles. The number of benzene rings is 1. The third kappa shape index (κ3) is 5.28. The Morgan fingerprint density at radius 3 is 2.59 bits per heavy atom. The number of alkyl halides is 2. The summed E-state index contributed by atoms with van der Waals surface area (Å²) >= 11 is 6.10. The van der Waals surface area contributed by atoms with E-state index in [1.165, 1.54) is 7.11 Å². The van der Waals surface area contributed by atoms with Crippen LogP contribution in [0.2, 0.25) is 5.02 Å². The highest BCUT2D eigenvalue weighted by Gasteiger charge is 2.57. The summed E-state index contributed by atoms with van der Waals surface area (Å²) in [6, 6.07) is 5.87. The van der Waals surface area contributed by atoms with Gasteiger partial charge in [-0.25, -0.2) is 8.78 Å². The van der Waals surface area contributed by atoms with E-state index in [2.05, 4.69) is 15.6 Å². The van der Waals surface area contributed by atoms with E-state index in [4.69, 9.17) is 16.3 Å². The molecule has 2 amide bonds. The maximum absolute atomic E-state index is 13.7. The molecular weight excluding hydrogens is 506 g/mol. The Balaban J connectivity index is 1.29. The molecule has 0 radical (unpaired) electrons. The Kier molecular flexibility index (Phi) is 6.39. The molecule has 11 heteroatoms. The Hall–Kier alpha value is -3.19. The number of ketones is 1. The van der Waals surface area contributed by atoms with Gasteiger partial charge in [-0.3, -0.25) is 14.4 Å². The van der Waals surface area contributed by atoms with Crippen LogP contribution in [-0.4, -0.2) is 47.2 Å². The van der Waals surface area contributed by atoms with Crippen LogP contribution in [0.15, 0.2) is 18.2 Å². The van der Waals surface area contributed by atoms with Crippen molar-refractivity contribution in [3.63, 3.8) is 0 Å². The van der Waals surface area contributed by atoms with Gasteiger partial charge in [-0.2, -0.15) is 5.26 Å². The molecule has 1 aromatic heterocycles. The first-order chi connectivity index (χ1) is 17.5. The summed E-state index contributed by atoms with van der Waals surface area (Å²) < 4.78 is 32.7. The lowest BCUT2D eigenvalue weighted by Gasteiger charge is -2.20. The first-order valence-electron chi connectivity index (χ1n) is 12.3. The van der Waals surface area contributed by atoms with Gasteiger partial charge in [0.2, 0.25) is 11.8 Å². The molecule has 2 aromatic rings. The van der Waals surface area contributed by atoms with Gasteiger partial charge in [-0.1, -0.05) is 11.6 Å². The van der Waals surface area contributed by atoms with Crippen molar-refractivity contribution < 1.29 is 27.9 Å². The van der Waals surface area contributed by atoms with Gasteiger partial charge >= 0.3 is 0 Å². The second kappa shape index (κ2) is 9.28. The quantitative estimate of drug-likeness (QED) is 0.397. The summed E-state index contributed by atoms with van der Waals surface area (Å²) in [6.45, 7) is 0. The summed E-state index contributed by atoms with van der Waals surface area (Å²) in [4.78, 5) is 41.6. The van der Waals surface area contributed by atoms with E-state index < -0.39 is 41.4 Å². The van der Waals surface area contributed by atoms with Gasteiger partial charge in [0.15, 0.2) is 5.78 Å². The Morgan fingerprint density at radius 1 is 1.27 bits per heavy atom. The molecule has 0 bridgehead atoms. The molecule has 2 saturated carbocycles. The van der Waals surface area contributed by atoms with Gasteiger partial charge in [0, 0.05) is 46.5 Å². The normalized spacial score (nSPS) is 24.2. The lowest BCUT2D eigenvalue weighted by molar-refractivity contribution is -0.127. The number of ether oxygens (including phenoxy) is 1. The smallest absolute Gasteiger partial charge is 0.251 e. The lowest BCUT2D eigenvalue weighted by Crippen LogP contribution is -2.41. The monoisotopic (exact) mass is 532 g/mol. The predicted molar refractivity (Wildman–Crippen MR) is 130 cm³/mol. The molecule has 3 aliphatic rings. The maximum atomic E-state index is 13.7. The highest BCUT2D eigenvalue weighted by Crippen LogP contribution is 2.52. The van der Waals surface area contributed by atoms with Gasteiger partial charge in [0.1, 0.15) is 11.8 Å². The molecule has 8 nitrogen and oxygen atoms in total. The molecule has 2 aliphatic carbocycles. The van der Waals surface area contributed by atoms with Crippen LogP contribution in [0.4, 0.5) is 8.78 Å². The molecule has 1 aromatic carbocycles. The van der Waals surface area contributed by atoms with Crippen LogP contribution in [0.5, 0.6) is 5.75 Å². The van der Waals surface area contributed by atoms with Crippen molar-refractivity contribution in [3.05, 3.63) is 28.9 Å². The topological polar surface area (TPSA) is 124 Å². The largest absolute Gasteiger partial charge is 0.496 e. The number of halogens is 3. The van der Waals surface area contributed by atoms with Crippen molar-refractivity contribution in [2.75, 3.05) is 7.11 Å². The van der Waals surface area contributed by atoms with E-state index in [-0.39, 0.29) is 42.8 Å². The van der Waals surface area contributed by atoms with E-state index >= 15 is 0 Å². The Morgan fingerprint density at radius 2 is 2.00 bits per heavy atom. The summed E-state index contributed by atoms with van der Waals surface area (Å²) in [5.41, 5.74) is 0.602. The lowest BCUT2D eigenvalue weighted by atomic mass is 9.92. The fourth-order valence-electron chi connectivity index (χ4n) is 5.34. The minimum Gasteiger partial charge on any atom is -0.496 e. The minimum atomic E-state index is -2.86. The fraction of sp³-hybridized carbons (Fsp3) is 0.538. The number of nitrogens with one attached hydrogen (secondary N) is 3. The number of fused-ring (bicyclic) bond motifs is 1. The van der Waals surface area contributed by atoms with E-state index in [9.17, 15) is 28.4 Å². The number of nitrogens with zero attached hydrogens (tertiary/aromatic N) is 1. The van der Waals surface area contributed by atoms with E-state index in [0.717, 1.165) is 12.8 Å². The summed E-state index contributed by atoms with van der Waals surface area (Å²) in [6.07, 6.45) is 1.74. The second-order valence-corrected chi connectivity index (χ2v) is 11.0.